The Morgan fingerprint density at radius 3 is 3.00 bits per heavy atom. The number of carboxylic acid groups (broad SMARTS) is 1. The fourth-order valence-electron chi connectivity index (χ4n) is 1.04. The SMILES string of the molecule is Cn1ccnc1CCCC(=O)O. The van der Waals surface area contributed by atoms with E-state index >= 15 is 0 Å². The van der Waals surface area contributed by atoms with E-state index in [1.54, 1.807) is 6.20 Å². The molecular weight excluding hydrogens is 156 g/mol. The van der Waals surface area contributed by atoms with Gasteiger partial charge in [-0.2, -0.15) is 0 Å². The number of carbonyl (C=O) groups is 1. The maximum absolute atomic E-state index is 10.2. The van der Waals surface area contributed by atoms with E-state index in [0.717, 1.165) is 12.2 Å². The summed E-state index contributed by atoms with van der Waals surface area (Å²) < 4.78 is 1.90. The van der Waals surface area contributed by atoms with Gasteiger partial charge < -0.3 is 9.67 Å². The van der Waals surface area contributed by atoms with Crippen LogP contribution < -0.4 is 0 Å². The van der Waals surface area contributed by atoms with Gasteiger partial charge in [0.05, 0.1) is 0 Å². The Balaban J connectivity index is 2.33. The molecule has 0 spiro atoms. The van der Waals surface area contributed by atoms with Crippen molar-refractivity contribution < 1.29 is 9.90 Å². The van der Waals surface area contributed by atoms with Gasteiger partial charge in [-0.15, -0.1) is 0 Å². The molecule has 0 saturated heterocycles. The zero-order valence-corrected chi connectivity index (χ0v) is 7.03. The summed E-state index contributed by atoms with van der Waals surface area (Å²) in [5, 5.41) is 8.38. The quantitative estimate of drug-likeness (QED) is 0.724. The van der Waals surface area contributed by atoms with Crippen molar-refractivity contribution in [3.63, 3.8) is 0 Å². The Bertz CT molecular complexity index is 268. The zero-order valence-electron chi connectivity index (χ0n) is 7.03. The van der Waals surface area contributed by atoms with E-state index in [1.165, 1.54) is 0 Å². The van der Waals surface area contributed by atoms with Crippen LogP contribution in [0, 0.1) is 0 Å². The van der Waals surface area contributed by atoms with E-state index in [-0.39, 0.29) is 6.42 Å². The molecule has 0 radical (unpaired) electrons. The highest BCUT2D eigenvalue weighted by atomic mass is 16.4. The third-order valence-electron chi connectivity index (χ3n) is 1.71. The monoisotopic (exact) mass is 168 g/mol. The second kappa shape index (κ2) is 3.90. The van der Waals surface area contributed by atoms with Gasteiger partial charge in [-0.05, 0) is 6.42 Å². The Morgan fingerprint density at radius 2 is 2.50 bits per heavy atom. The van der Waals surface area contributed by atoms with Gasteiger partial charge in [0, 0.05) is 32.3 Å². The van der Waals surface area contributed by atoms with Gasteiger partial charge >= 0.3 is 5.97 Å². The summed E-state index contributed by atoms with van der Waals surface area (Å²) in [4.78, 5) is 14.3. The third-order valence-corrected chi connectivity index (χ3v) is 1.71. The lowest BCUT2D eigenvalue weighted by Gasteiger charge is -1.98. The highest BCUT2D eigenvalue weighted by Crippen LogP contribution is 2.01. The average Bonchev–Trinajstić information content (AvgIpc) is 2.36. The van der Waals surface area contributed by atoms with Crippen molar-refractivity contribution in [2.75, 3.05) is 0 Å². The van der Waals surface area contributed by atoms with E-state index < -0.39 is 5.97 Å². The van der Waals surface area contributed by atoms with Crippen LogP contribution in [0.1, 0.15) is 18.7 Å². The standard InChI is InChI=1S/C8H12N2O2/c1-10-6-5-9-7(10)3-2-4-8(11)12/h5-6H,2-4H2,1H3,(H,11,12). The molecular formula is C8H12N2O2. The number of hydrogen-bond donors (Lipinski definition) is 1. The first kappa shape index (κ1) is 8.77. The minimum Gasteiger partial charge on any atom is -0.481 e. The molecule has 0 aliphatic rings. The molecule has 1 N–H and O–H groups in total. The summed E-state index contributed by atoms with van der Waals surface area (Å²) in [6.07, 6.45) is 5.18. The average molecular weight is 168 g/mol. The van der Waals surface area contributed by atoms with Gasteiger partial charge in [0.25, 0.3) is 0 Å². The first-order chi connectivity index (χ1) is 5.70. The summed E-state index contributed by atoms with van der Waals surface area (Å²) in [6.45, 7) is 0. The number of rotatable bonds is 4. The van der Waals surface area contributed by atoms with Crippen molar-refractivity contribution in [1.82, 2.24) is 9.55 Å². The molecule has 1 rings (SSSR count). The summed E-state index contributed by atoms with van der Waals surface area (Å²) in [5.74, 6) is 0.195. The zero-order chi connectivity index (χ0) is 8.97. The van der Waals surface area contributed by atoms with Crippen molar-refractivity contribution in [3.05, 3.63) is 18.2 Å². The molecule has 0 saturated carbocycles. The van der Waals surface area contributed by atoms with Crippen molar-refractivity contribution in [2.24, 2.45) is 7.05 Å². The number of carboxylic acids is 1. The molecule has 4 nitrogen and oxygen atoms in total. The third kappa shape index (κ3) is 2.38. The molecule has 0 fully saturated rings. The maximum atomic E-state index is 10.2. The first-order valence-corrected chi connectivity index (χ1v) is 3.88. The topological polar surface area (TPSA) is 55.1 Å². The minimum absolute atomic E-state index is 0.215. The van der Waals surface area contributed by atoms with Gasteiger partial charge in [-0.25, -0.2) is 4.98 Å². The van der Waals surface area contributed by atoms with E-state index in [4.69, 9.17) is 5.11 Å². The molecule has 0 aliphatic carbocycles. The number of aryl methyl sites for hydroxylation is 2. The highest BCUT2D eigenvalue weighted by Gasteiger charge is 2.01. The van der Waals surface area contributed by atoms with Crippen LogP contribution in [-0.2, 0) is 18.3 Å². The smallest absolute Gasteiger partial charge is 0.303 e. The Morgan fingerprint density at radius 1 is 1.75 bits per heavy atom. The fraction of sp³-hybridized carbons (Fsp3) is 0.500. The van der Waals surface area contributed by atoms with Gasteiger partial charge in [0.15, 0.2) is 0 Å². The van der Waals surface area contributed by atoms with Crippen LogP contribution in [-0.4, -0.2) is 20.6 Å². The van der Waals surface area contributed by atoms with Crippen molar-refractivity contribution in [3.8, 4) is 0 Å². The summed E-state index contributed by atoms with van der Waals surface area (Å²) in [5.41, 5.74) is 0. The molecule has 12 heavy (non-hydrogen) atoms. The summed E-state index contributed by atoms with van der Waals surface area (Å²) >= 11 is 0. The van der Waals surface area contributed by atoms with Crippen LogP contribution >= 0.6 is 0 Å². The van der Waals surface area contributed by atoms with Crippen LogP contribution in [0.25, 0.3) is 0 Å². The molecule has 0 aliphatic heterocycles. The molecule has 0 bridgehead atoms. The predicted molar refractivity (Wildman–Crippen MR) is 43.8 cm³/mol. The normalized spacial score (nSPS) is 10.1. The molecule has 0 unspecified atom stereocenters. The van der Waals surface area contributed by atoms with Crippen LogP contribution in [0.3, 0.4) is 0 Å². The minimum atomic E-state index is -0.746. The molecule has 1 heterocycles. The van der Waals surface area contributed by atoms with E-state index in [2.05, 4.69) is 4.98 Å². The number of aromatic nitrogens is 2. The lowest BCUT2D eigenvalue weighted by Crippen LogP contribution is -2.00. The number of imidazole rings is 1. The van der Waals surface area contributed by atoms with Crippen LogP contribution in [0.2, 0.25) is 0 Å². The van der Waals surface area contributed by atoms with Crippen molar-refractivity contribution in [2.45, 2.75) is 19.3 Å². The Hall–Kier alpha value is -1.32. The Kier molecular flexibility index (Phi) is 2.85. The Labute approximate surface area is 70.9 Å². The number of nitrogens with zero attached hydrogens (tertiary/aromatic N) is 2. The van der Waals surface area contributed by atoms with E-state index in [1.807, 2.05) is 17.8 Å². The molecule has 0 aromatic carbocycles. The van der Waals surface area contributed by atoms with E-state index in [0.29, 0.717) is 6.42 Å². The lowest BCUT2D eigenvalue weighted by molar-refractivity contribution is -0.137. The maximum Gasteiger partial charge on any atom is 0.303 e. The molecule has 0 atom stereocenters. The van der Waals surface area contributed by atoms with Gasteiger partial charge in [0.1, 0.15) is 5.82 Å². The van der Waals surface area contributed by atoms with Crippen LogP contribution in [0.5, 0.6) is 0 Å². The second-order valence-electron chi connectivity index (χ2n) is 2.70. The predicted octanol–water partition coefficient (Wildman–Crippen LogP) is 0.827. The van der Waals surface area contributed by atoms with Crippen LogP contribution in [0.15, 0.2) is 12.4 Å². The fourth-order valence-corrected chi connectivity index (χ4v) is 1.04. The van der Waals surface area contributed by atoms with E-state index in [9.17, 15) is 4.79 Å². The summed E-state index contributed by atoms with van der Waals surface area (Å²) in [7, 11) is 1.91. The van der Waals surface area contributed by atoms with Gasteiger partial charge in [-0.1, -0.05) is 0 Å². The van der Waals surface area contributed by atoms with Gasteiger partial charge in [0.2, 0.25) is 0 Å². The lowest BCUT2D eigenvalue weighted by atomic mass is 10.2. The largest absolute Gasteiger partial charge is 0.481 e. The number of hydrogen-bond acceptors (Lipinski definition) is 2. The second-order valence-corrected chi connectivity index (χ2v) is 2.70. The van der Waals surface area contributed by atoms with Crippen molar-refractivity contribution >= 4 is 5.97 Å². The molecule has 4 heteroatoms. The highest BCUT2D eigenvalue weighted by molar-refractivity contribution is 5.66. The first-order valence-electron chi connectivity index (χ1n) is 3.88. The molecule has 0 amide bonds. The van der Waals surface area contributed by atoms with Crippen LogP contribution in [0.4, 0.5) is 0 Å². The summed E-state index contributed by atoms with van der Waals surface area (Å²) in [6, 6.07) is 0. The van der Waals surface area contributed by atoms with Crippen molar-refractivity contribution in [1.29, 1.82) is 0 Å². The molecule has 1 aromatic heterocycles. The molecule has 66 valence electrons. The molecule has 1 aromatic rings. The number of aliphatic carboxylic acids is 1. The van der Waals surface area contributed by atoms with Gasteiger partial charge in [-0.3, -0.25) is 4.79 Å².